The molecule has 0 spiro atoms. The number of aldehydes is 1. The van der Waals surface area contributed by atoms with Crippen molar-refractivity contribution in [3.63, 3.8) is 0 Å². The summed E-state index contributed by atoms with van der Waals surface area (Å²) >= 11 is 0. The highest BCUT2D eigenvalue weighted by molar-refractivity contribution is 5.92. The molecule has 1 aliphatic carbocycles. The molecule has 5 heteroatoms. The summed E-state index contributed by atoms with van der Waals surface area (Å²) in [7, 11) is 1.38. The van der Waals surface area contributed by atoms with Gasteiger partial charge in [-0.3, -0.25) is 0 Å². The van der Waals surface area contributed by atoms with Crippen LogP contribution in [0.1, 0.15) is 47.2 Å². The number of methoxy groups -OCH3 is 1. The highest BCUT2D eigenvalue weighted by Crippen LogP contribution is 2.25. The summed E-state index contributed by atoms with van der Waals surface area (Å²) in [4.78, 5) is 22.3. The van der Waals surface area contributed by atoms with Gasteiger partial charge in [0.2, 0.25) is 0 Å². The topological polar surface area (TPSA) is 61.8 Å². The van der Waals surface area contributed by atoms with E-state index in [2.05, 4.69) is 0 Å². The predicted molar refractivity (Wildman–Crippen MR) is 85.4 cm³/mol. The second kappa shape index (κ2) is 8.79. The van der Waals surface area contributed by atoms with Gasteiger partial charge in [0.15, 0.2) is 0 Å². The second-order valence-corrected chi connectivity index (χ2v) is 5.82. The molecule has 23 heavy (non-hydrogen) atoms. The van der Waals surface area contributed by atoms with E-state index in [1.807, 2.05) is 25.1 Å². The SMILES string of the molecule is COC(=O)c1c(C)cccc1COC1CCC[C@H](OCC=O)C1. The van der Waals surface area contributed by atoms with Crippen molar-refractivity contribution in [2.24, 2.45) is 0 Å². The molecular formula is C18H24O5. The molecule has 0 aliphatic heterocycles. The van der Waals surface area contributed by atoms with Crippen molar-refractivity contribution in [3.8, 4) is 0 Å². The zero-order valence-electron chi connectivity index (χ0n) is 13.7. The molecule has 1 aromatic carbocycles. The molecule has 1 saturated carbocycles. The van der Waals surface area contributed by atoms with Crippen LogP contribution in [0.4, 0.5) is 0 Å². The van der Waals surface area contributed by atoms with Gasteiger partial charge in [0, 0.05) is 0 Å². The van der Waals surface area contributed by atoms with Crippen molar-refractivity contribution in [1.82, 2.24) is 0 Å². The van der Waals surface area contributed by atoms with Gasteiger partial charge in [0.1, 0.15) is 12.9 Å². The first-order valence-electron chi connectivity index (χ1n) is 7.99. The van der Waals surface area contributed by atoms with Crippen LogP contribution in [-0.2, 0) is 25.6 Å². The minimum atomic E-state index is -0.336. The van der Waals surface area contributed by atoms with Crippen LogP contribution in [0.3, 0.4) is 0 Å². The average Bonchev–Trinajstić information content (AvgIpc) is 2.58. The van der Waals surface area contributed by atoms with E-state index >= 15 is 0 Å². The van der Waals surface area contributed by atoms with E-state index in [-0.39, 0.29) is 24.8 Å². The van der Waals surface area contributed by atoms with Gasteiger partial charge < -0.3 is 19.0 Å². The normalized spacial score (nSPS) is 21.0. The standard InChI is InChI=1S/C18H24O5/c1-13-5-3-6-14(17(13)18(20)21-2)12-23-16-8-4-7-15(11-16)22-10-9-19/h3,5-6,9,15-16H,4,7-8,10-12H2,1-2H3/t15-,16?/m0/s1. The van der Waals surface area contributed by atoms with Gasteiger partial charge in [0.25, 0.3) is 0 Å². The Labute approximate surface area is 136 Å². The molecule has 2 atom stereocenters. The van der Waals surface area contributed by atoms with Crippen LogP contribution in [-0.4, -0.2) is 38.2 Å². The van der Waals surface area contributed by atoms with Gasteiger partial charge in [-0.05, 0) is 43.7 Å². The Kier molecular flexibility index (Phi) is 6.74. The summed E-state index contributed by atoms with van der Waals surface area (Å²) in [6, 6.07) is 5.69. The largest absolute Gasteiger partial charge is 0.465 e. The van der Waals surface area contributed by atoms with E-state index in [1.165, 1.54) is 7.11 Å². The Morgan fingerprint density at radius 2 is 2.00 bits per heavy atom. The number of esters is 1. The fourth-order valence-electron chi connectivity index (χ4n) is 3.03. The summed E-state index contributed by atoms with van der Waals surface area (Å²) in [5.41, 5.74) is 2.31. The summed E-state index contributed by atoms with van der Waals surface area (Å²) in [6.45, 7) is 2.40. The fraction of sp³-hybridized carbons (Fsp3) is 0.556. The smallest absolute Gasteiger partial charge is 0.338 e. The molecule has 126 valence electrons. The minimum absolute atomic E-state index is 0.0801. The maximum atomic E-state index is 11.9. The molecule has 0 saturated heterocycles. The van der Waals surface area contributed by atoms with E-state index in [1.54, 1.807) is 0 Å². The van der Waals surface area contributed by atoms with Crippen molar-refractivity contribution in [2.75, 3.05) is 13.7 Å². The van der Waals surface area contributed by atoms with Crippen molar-refractivity contribution in [3.05, 3.63) is 34.9 Å². The quantitative estimate of drug-likeness (QED) is 0.571. The van der Waals surface area contributed by atoms with Gasteiger partial charge in [0.05, 0.1) is 31.5 Å². The maximum Gasteiger partial charge on any atom is 0.338 e. The Morgan fingerprint density at radius 3 is 2.70 bits per heavy atom. The van der Waals surface area contributed by atoms with Gasteiger partial charge in [-0.2, -0.15) is 0 Å². The molecule has 0 N–H and O–H groups in total. The first-order valence-corrected chi connectivity index (χ1v) is 7.99. The summed E-state index contributed by atoms with van der Waals surface area (Å²) < 4.78 is 16.3. The molecule has 0 amide bonds. The molecular weight excluding hydrogens is 296 g/mol. The molecule has 1 unspecified atom stereocenters. The van der Waals surface area contributed by atoms with Crippen LogP contribution in [0.25, 0.3) is 0 Å². The van der Waals surface area contributed by atoms with Crippen LogP contribution in [0.5, 0.6) is 0 Å². The van der Waals surface area contributed by atoms with E-state index < -0.39 is 0 Å². The predicted octanol–water partition coefficient (Wildman–Crippen LogP) is 2.82. The highest BCUT2D eigenvalue weighted by atomic mass is 16.5. The molecule has 0 radical (unpaired) electrons. The van der Waals surface area contributed by atoms with E-state index in [9.17, 15) is 9.59 Å². The minimum Gasteiger partial charge on any atom is -0.465 e. The third-order valence-electron chi connectivity index (χ3n) is 4.20. The van der Waals surface area contributed by atoms with Crippen LogP contribution in [0.2, 0.25) is 0 Å². The third kappa shape index (κ3) is 4.88. The maximum absolute atomic E-state index is 11.9. The number of aryl methyl sites for hydroxylation is 1. The van der Waals surface area contributed by atoms with E-state index in [0.29, 0.717) is 12.2 Å². The first-order chi connectivity index (χ1) is 11.2. The summed E-state index contributed by atoms with van der Waals surface area (Å²) in [6.07, 6.45) is 4.69. The van der Waals surface area contributed by atoms with Crippen LogP contribution in [0.15, 0.2) is 18.2 Å². The van der Waals surface area contributed by atoms with Crippen molar-refractivity contribution >= 4 is 12.3 Å². The Morgan fingerprint density at radius 1 is 1.26 bits per heavy atom. The van der Waals surface area contributed by atoms with Gasteiger partial charge >= 0.3 is 5.97 Å². The number of hydrogen-bond donors (Lipinski definition) is 0. The number of carbonyl (C=O) groups is 2. The number of hydrogen-bond acceptors (Lipinski definition) is 5. The molecule has 0 bridgehead atoms. The van der Waals surface area contributed by atoms with Gasteiger partial charge in [-0.1, -0.05) is 18.2 Å². The highest BCUT2D eigenvalue weighted by Gasteiger charge is 2.24. The first kappa shape index (κ1) is 17.6. The monoisotopic (exact) mass is 320 g/mol. The van der Waals surface area contributed by atoms with Crippen LogP contribution < -0.4 is 0 Å². The Balaban J connectivity index is 1.96. The van der Waals surface area contributed by atoms with Gasteiger partial charge in [-0.15, -0.1) is 0 Å². The summed E-state index contributed by atoms with van der Waals surface area (Å²) in [5.74, 6) is -0.336. The van der Waals surface area contributed by atoms with E-state index in [4.69, 9.17) is 14.2 Å². The lowest BCUT2D eigenvalue weighted by Gasteiger charge is -2.29. The van der Waals surface area contributed by atoms with Crippen molar-refractivity contribution in [1.29, 1.82) is 0 Å². The summed E-state index contributed by atoms with van der Waals surface area (Å²) in [5, 5.41) is 0. The Hall–Kier alpha value is -1.72. The fourth-order valence-corrected chi connectivity index (χ4v) is 3.03. The number of benzene rings is 1. The van der Waals surface area contributed by atoms with E-state index in [0.717, 1.165) is 43.1 Å². The number of rotatable bonds is 7. The van der Waals surface area contributed by atoms with Crippen molar-refractivity contribution < 1.29 is 23.8 Å². The van der Waals surface area contributed by atoms with Crippen molar-refractivity contribution in [2.45, 2.75) is 51.4 Å². The molecule has 1 fully saturated rings. The third-order valence-corrected chi connectivity index (χ3v) is 4.20. The lowest BCUT2D eigenvalue weighted by molar-refractivity contribution is -0.116. The molecule has 0 heterocycles. The van der Waals surface area contributed by atoms with Crippen LogP contribution in [0, 0.1) is 6.92 Å². The number of ether oxygens (including phenoxy) is 3. The molecule has 5 nitrogen and oxygen atoms in total. The second-order valence-electron chi connectivity index (χ2n) is 5.82. The zero-order chi connectivity index (χ0) is 16.7. The lowest BCUT2D eigenvalue weighted by atomic mass is 9.94. The number of carbonyl (C=O) groups excluding carboxylic acids is 2. The molecule has 1 aromatic rings. The Bertz CT molecular complexity index is 540. The molecule has 2 rings (SSSR count). The molecule has 0 aromatic heterocycles. The van der Waals surface area contributed by atoms with Gasteiger partial charge in [-0.25, -0.2) is 4.79 Å². The van der Waals surface area contributed by atoms with Crippen LogP contribution >= 0.6 is 0 Å². The average molecular weight is 320 g/mol. The lowest BCUT2D eigenvalue weighted by Crippen LogP contribution is -2.28. The zero-order valence-corrected chi connectivity index (χ0v) is 13.7. The molecule has 1 aliphatic rings.